The third kappa shape index (κ3) is 3.19. The van der Waals surface area contributed by atoms with Gasteiger partial charge in [-0.15, -0.1) is 0 Å². The van der Waals surface area contributed by atoms with E-state index in [0.717, 1.165) is 40.6 Å². The molecule has 0 N–H and O–H groups in total. The van der Waals surface area contributed by atoms with Crippen LogP contribution in [0.1, 0.15) is 5.89 Å². The fourth-order valence-electron chi connectivity index (χ4n) is 2.24. The van der Waals surface area contributed by atoms with Crippen molar-refractivity contribution < 1.29 is 4.42 Å². The number of rotatable bonds is 5. The number of oxazole rings is 1. The standard InChI is InChI=1S/C18H17NOS/c1-21-13-12-16-19-17(14-8-4-2-5-9-14)18(20-16)15-10-6-3-7-11-15/h2-11H,12-13H2,1H3. The maximum atomic E-state index is 6.03. The normalized spacial score (nSPS) is 10.7. The summed E-state index contributed by atoms with van der Waals surface area (Å²) in [6, 6.07) is 20.4. The number of aromatic nitrogens is 1. The van der Waals surface area contributed by atoms with Gasteiger partial charge in [0.25, 0.3) is 0 Å². The van der Waals surface area contributed by atoms with Crippen molar-refractivity contribution in [3.05, 3.63) is 66.6 Å². The van der Waals surface area contributed by atoms with Gasteiger partial charge in [0.15, 0.2) is 11.7 Å². The first kappa shape index (κ1) is 14.0. The van der Waals surface area contributed by atoms with Crippen molar-refractivity contribution >= 4 is 11.8 Å². The smallest absolute Gasteiger partial charge is 0.196 e. The second kappa shape index (κ2) is 6.64. The largest absolute Gasteiger partial charge is 0.440 e. The zero-order chi connectivity index (χ0) is 14.5. The molecule has 0 aliphatic heterocycles. The van der Waals surface area contributed by atoms with Crippen molar-refractivity contribution in [3.63, 3.8) is 0 Å². The molecule has 0 aliphatic carbocycles. The van der Waals surface area contributed by atoms with E-state index in [2.05, 4.69) is 30.5 Å². The van der Waals surface area contributed by atoms with Crippen LogP contribution in [0.2, 0.25) is 0 Å². The van der Waals surface area contributed by atoms with E-state index in [9.17, 15) is 0 Å². The molecule has 0 unspecified atom stereocenters. The summed E-state index contributed by atoms with van der Waals surface area (Å²) in [6.45, 7) is 0. The van der Waals surface area contributed by atoms with E-state index >= 15 is 0 Å². The maximum absolute atomic E-state index is 6.03. The van der Waals surface area contributed by atoms with E-state index in [-0.39, 0.29) is 0 Å². The molecule has 3 aromatic rings. The molecule has 0 amide bonds. The molecule has 1 heterocycles. The average molecular weight is 295 g/mol. The molecule has 0 bridgehead atoms. The minimum atomic E-state index is 0.807. The molecule has 0 spiro atoms. The van der Waals surface area contributed by atoms with Gasteiger partial charge in [0, 0.05) is 23.3 Å². The van der Waals surface area contributed by atoms with Crippen molar-refractivity contribution in [3.8, 4) is 22.6 Å². The lowest BCUT2D eigenvalue weighted by atomic mass is 10.1. The first-order valence-electron chi connectivity index (χ1n) is 6.98. The molecule has 2 aromatic carbocycles. The van der Waals surface area contributed by atoms with Crippen LogP contribution in [0.25, 0.3) is 22.6 Å². The molecule has 106 valence electrons. The Kier molecular flexibility index (Phi) is 4.41. The highest BCUT2D eigenvalue weighted by Gasteiger charge is 2.16. The predicted octanol–water partition coefficient (Wildman–Crippen LogP) is 4.91. The van der Waals surface area contributed by atoms with Crippen LogP contribution in [0.5, 0.6) is 0 Å². The predicted molar refractivity (Wildman–Crippen MR) is 89.5 cm³/mol. The fraction of sp³-hybridized carbons (Fsp3) is 0.167. The first-order valence-corrected chi connectivity index (χ1v) is 8.37. The molecular weight excluding hydrogens is 278 g/mol. The monoisotopic (exact) mass is 295 g/mol. The van der Waals surface area contributed by atoms with Crippen molar-refractivity contribution in [1.82, 2.24) is 4.98 Å². The molecule has 0 fully saturated rings. The Morgan fingerprint density at radius 2 is 1.52 bits per heavy atom. The highest BCUT2D eigenvalue weighted by Crippen LogP contribution is 2.32. The average Bonchev–Trinajstić information content (AvgIpc) is 2.99. The second-order valence-electron chi connectivity index (χ2n) is 4.76. The van der Waals surface area contributed by atoms with Gasteiger partial charge in [0.2, 0.25) is 0 Å². The topological polar surface area (TPSA) is 26.0 Å². The van der Waals surface area contributed by atoms with Gasteiger partial charge in [-0.05, 0) is 6.26 Å². The summed E-state index contributed by atoms with van der Waals surface area (Å²) >= 11 is 1.80. The van der Waals surface area contributed by atoms with E-state index in [0.29, 0.717) is 0 Å². The molecule has 0 saturated carbocycles. The lowest BCUT2D eigenvalue weighted by Gasteiger charge is -2.00. The van der Waals surface area contributed by atoms with Gasteiger partial charge in [0.1, 0.15) is 5.69 Å². The van der Waals surface area contributed by atoms with Gasteiger partial charge in [0.05, 0.1) is 0 Å². The number of aryl methyl sites for hydroxylation is 1. The van der Waals surface area contributed by atoms with Crippen LogP contribution in [-0.2, 0) is 6.42 Å². The Hall–Kier alpha value is -2.00. The summed E-state index contributed by atoms with van der Waals surface area (Å²) in [5.74, 6) is 2.68. The third-order valence-corrected chi connectivity index (χ3v) is 3.89. The van der Waals surface area contributed by atoms with Crippen LogP contribution >= 0.6 is 11.8 Å². The summed E-state index contributed by atoms with van der Waals surface area (Å²) in [5, 5.41) is 0. The fourth-order valence-corrected chi connectivity index (χ4v) is 2.62. The summed E-state index contributed by atoms with van der Waals surface area (Å²) < 4.78 is 6.03. The van der Waals surface area contributed by atoms with E-state index in [1.165, 1.54) is 0 Å². The van der Waals surface area contributed by atoms with Gasteiger partial charge in [-0.2, -0.15) is 11.8 Å². The number of benzene rings is 2. The van der Waals surface area contributed by atoms with Crippen molar-refractivity contribution in [1.29, 1.82) is 0 Å². The minimum Gasteiger partial charge on any atom is -0.440 e. The lowest BCUT2D eigenvalue weighted by molar-refractivity contribution is 0.515. The highest BCUT2D eigenvalue weighted by atomic mass is 32.2. The number of nitrogens with zero attached hydrogens (tertiary/aromatic N) is 1. The Labute approximate surface area is 129 Å². The SMILES string of the molecule is CSCCc1nc(-c2ccccc2)c(-c2ccccc2)o1. The molecule has 0 radical (unpaired) electrons. The Balaban J connectivity index is 2.06. The number of hydrogen-bond donors (Lipinski definition) is 0. The van der Waals surface area contributed by atoms with Crippen LogP contribution in [0, 0.1) is 0 Å². The molecular formula is C18H17NOS. The lowest BCUT2D eigenvalue weighted by Crippen LogP contribution is -1.87. The van der Waals surface area contributed by atoms with Gasteiger partial charge in [-0.25, -0.2) is 4.98 Å². The van der Waals surface area contributed by atoms with Crippen LogP contribution in [0.15, 0.2) is 65.1 Å². The maximum Gasteiger partial charge on any atom is 0.196 e. The van der Waals surface area contributed by atoms with E-state index in [1.807, 2.05) is 36.4 Å². The summed E-state index contributed by atoms with van der Waals surface area (Å²) in [5.41, 5.74) is 3.09. The van der Waals surface area contributed by atoms with Crippen molar-refractivity contribution in [2.45, 2.75) is 6.42 Å². The highest BCUT2D eigenvalue weighted by molar-refractivity contribution is 7.98. The van der Waals surface area contributed by atoms with Crippen molar-refractivity contribution in [2.75, 3.05) is 12.0 Å². The second-order valence-corrected chi connectivity index (χ2v) is 5.75. The first-order chi connectivity index (χ1) is 10.4. The molecule has 3 heteroatoms. The van der Waals surface area contributed by atoms with Crippen molar-refractivity contribution in [2.24, 2.45) is 0 Å². The summed E-state index contributed by atoms with van der Waals surface area (Å²) in [6.07, 6.45) is 2.95. The molecule has 1 aromatic heterocycles. The summed E-state index contributed by atoms with van der Waals surface area (Å²) in [4.78, 5) is 4.71. The quantitative estimate of drug-likeness (QED) is 0.668. The van der Waals surface area contributed by atoms with Crippen LogP contribution in [0.4, 0.5) is 0 Å². The Morgan fingerprint density at radius 1 is 0.905 bits per heavy atom. The molecule has 2 nitrogen and oxygen atoms in total. The summed E-state index contributed by atoms with van der Waals surface area (Å²) in [7, 11) is 0. The van der Waals surface area contributed by atoms with Gasteiger partial charge < -0.3 is 4.42 Å². The van der Waals surface area contributed by atoms with E-state index in [1.54, 1.807) is 11.8 Å². The number of thioether (sulfide) groups is 1. The number of hydrogen-bond acceptors (Lipinski definition) is 3. The third-order valence-electron chi connectivity index (χ3n) is 3.27. The van der Waals surface area contributed by atoms with Gasteiger partial charge in [-0.1, -0.05) is 60.7 Å². The molecule has 0 aliphatic rings. The zero-order valence-corrected chi connectivity index (χ0v) is 12.8. The Morgan fingerprint density at radius 3 is 2.14 bits per heavy atom. The van der Waals surface area contributed by atoms with Crippen LogP contribution in [0.3, 0.4) is 0 Å². The molecule has 0 saturated heterocycles. The van der Waals surface area contributed by atoms with Crippen LogP contribution in [-0.4, -0.2) is 17.0 Å². The van der Waals surface area contributed by atoms with Gasteiger partial charge in [-0.3, -0.25) is 0 Å². The van der Waals surface area contributed by atoms with E-state index in [4.69, 9.17) is 9.40 Å². The van der Waals surface area contributed by atoms with Gasteiger partial charge >= 0.3 is 0 Å². The van der Waals surface area contributed by atoms with E-state index < -0.39 is 0 Å². The molecule has 0 atom stereocenters. The molecule has 21 heavy (non-hydrogen) atoms. The minimum absolute atomic E-state index is 0.807. The molecule has 3 rings (SSSR count). The zero-order valence-electron chi connectivity index (χ0n) is 12.0. The Bertz CT molecular complexity index is 635. The van der Waals surface area contributed by atoms with Crippen LogP contribution < -0.4 is 0 Å².